The van der Waals surface area contributed by atoms with Crippen molar-refractivity contribution >= 4 is 23.2 Å². The number of nitrogens with zero attached hydrogens (tertiary/aromatic N) is 1. The van der Waals surface area contributed by atoms with Gasteiger partial charge in [0.1, 0.15) is 0 Å². The number of hydrogen-bond donors (Lipinski definition) is 3. The zero-order chi connectivity index (χ0) is 17.6. The third-order valence-corrected chi connectivity index (χ3v) is 5.38. The van der Waals surface area contributed by atoms with Gasteiger partial charge in [-0.05, 0) is 43.6 Å². The van der Waals surface area contributed by atoms with E-state index in [0.29, 0.717) is 9.75 Å². The first kappa shape index (κ1) is 17.6. The van der Waals surface area contributed by atoms with Crippen LogP contribution in [0.25, 0.3) is 0 Å². The van der Waals surface area contributed by atoms with Crippen molar-refractivity contribution in [1.29, 1.82) is 0 Å². The Morgan fingerprint density at radius 2 is 1.68 bits per heavy atom. The molecule has 0 spiro atoms. The lowest BCUT2D eigenvalue weighted by molar-refractivity contribution is 0.0711. The molecule has 1 aliphatic heterocycles. The van der Waals surface area contributed by atoms with Gasteiger partial charge in [-0.2, -0.15) is 0 Å². The predicted octanol–water partition coefficient (Wildman–Crippen LogP) is 2.43. The van der Waals surface area contributed by atoms with E-state index in [1.807, 2.05) is 30.3 Å². The largest absolute Gasteiger partial charge is 0.343 e. The van der Waals surface area contributed by atoms with Crippen molar-refractivity contribution in [3.05, 3.63) is 57.8 Å². The molecule has 2 aromatic rings. The van der Waals surface area contributed by atoms with E-state index >= 15 is 0 Å². The van der Waals surface area contributed by atoms with E-state index in [9.17, 15) is 9.59 Å². The number of benzene rings is 1. The summed E-state index contributed by atoms with van der Waals surface area (Å²) in [7, 11) is 0. The fraction of sp³-hybridized carbons (Fsp3) is 0.333. The molecule has 1 saturated heterocycles. The highest BCUT2D eigenvalue weighted by molar-refractivity contribution is 7.15. The molecule has 0 radical (unpaired) electrons. The Morgan fingerprint density at radius 1 is 1.04 bits per heavy atom. The molecule has 2 amide bonds. The maximum Gasteiger partial charge on any atom is 0.284 e. The van der Waals surface area contributed by atoms with E-state index in [0.717, 1.165) is 36.5 Å². The Morgan fingerprint density at radius 3 is 2.32 bits per heavy atom. The van der Waals surface area contributed by atoms with Crippen LogP contribution in [0, 0.1) is 0 Å². The van der Waals surface area contributed by atoms with Crippen molar-refractivity contribution in [3.63, 3.8) is 0 Å². The lowest BCUT2D eigenvalue weighted by Crippen LogP contribution is -2.36. The maximum absolute atomic E-state index is 12.6. The van der Waals surface area contributed by atoms with Gasteiger partial charge >= 0.3 is 0 Å². The maximum atomic E-state index is 12.6. The Hall–Kier alpha value is -2.22. The zero-order valence-electron chi connectivity index (χ0n) is 13.8. The van der Waals surface area contributed by atoms with Crippen molar-refractivity contribution in [2.75, 3.05) is 19.6 Å². The molecule has 1 fully saturated rings. The third-order valence-electron chi connectivity index (χ3n) is 4.30. The van der Waals surface area contributed by atoms with Crippen molar-refractivity contribution in [3.8, 4) is 0 Å². The van der Waals surface area contributed by atoms with Crippen LogP contribution in [-0.4, -0.2) is 41.6 Å². The summed E-state index contributed by atoms with van der Waals surface area (Å²) in [6.07, 6.45) is 2.39. The quantitative estimate of drug-likeness (QED) is 0.547. The minimum absolute atomic E-state index is 0.107. The molecule has 25 heavy (non-hydrogen) atoms. The van der Waals surface area contributed by atoms with Crippen LogP contribution in [0.5, 0.6) is 0 Å². The standard InChI is InChI=1S/C18H21N3O3S/c22-17(15-8-9-16(25-15)18(23)20-24)19-14(12-21-10-4-5-11-21)13-6-2-1-3-7-13/h1-3,6-9,14,24H,4-5,10-12H2,(H,19,22)(H,20,23). The van der Waals surface area contributed by atoms with Gasteiger partial charge in [0.15, 0.2) is 0 Å². The lowest BCUT2D eigenvalue weighted by Gasteiger charge is -2.24. The van der Waals surface area contributed by atoms with Gasteiger partial charge in [0.2, 0.25) is 0 Å². The first-order valence-electron chi connectivity index (χ1n) is 8.30. The van der Waals surface area contributed by atoms with Crippen LogP contribution in [0.4, 0.5) is 0 Å². The molecule has 132 valence electrons. The average Bonchev–Trinajstić information content (AvgIpc) is 3.33. The van der Waals surface area contributed by atoms with Crippen molar-refractivity contribution in [1.82, 2.24) is 15.7 Å². The van der Waals surface area contributed by atoms with Crippen LogP contribution in [0.15, 0.2) is 42.5 Å². The summed E-state index contributed by atoms with van der Waals surface area (Å²) in [5.74, 6) is -0.823. The average molecular weight is 359 g/mol. The molecular formula is C18H21N3O3S. The summed E-state index contributed by atoms with van der Waals surface area (Å²) in [4.78, 5) is 27.1. The van der Waals surface area contributed by atoms with E-state index in [1.165, 1.54) is 18.9 Å². The van der Waals surface area contributed by atoms with Gasteiger partial charge in [-0.25, -0.2) is 5.48 Å². The minimum atomic E-state index is -0.610. The molecule has 7 heteroatoms. The Kier molecular flexibility index (Phi) is 5.80. The number of thiophene rings is 1. The first-order valence-corrected chi connectivity index (χ1v) is 9.11. The Labute approximate surface area is 150 Å². The van der Waals surface area contributed by atoms with E-state index in [1.54, 1.807) is 11.5 Å². The highest BCUT2D eigenvalue weighted by Crippen LogP contribution is 2.21. The van der Waals surface area contributed by atoms with Gasteiger partial charge < -0.3 is 10.2 Å². The Bertz CT molecular complexity index is 726. The van der Waals surface area contributed by atoms with Crippen LogP contribution in [0.1, 0.15) is 43.8 Å². The molecule has 1 unspecified atom stereocenters. The highest BCUT2D eigenvalue weighted by Gasteiger charge is 2.22. The van der Waals surface area contributed by atoms with Crippen LogP contribution in [0.3, 0.4) is 0 Å². The number of rotatable bonds is 6. The first-order chi connectivity index (χ1) is 12.2. The molecule has 1 aromatic heterocycles. The second kappa shape index (κ2) is 8.24. The number of hydrogen-bond acceptors (Lipinski definition) is 5. The third kappa shape index (κ3) is 4.45. The van der Waals surface area contributed by atoms with Crippen molar-refractivity contribution in [2.45, 2.75) is 18.9 Å². The summed E-state index contributed by atoms with van der Waals surface area (Å²) in [6, 6.07) is 12.9. The number of carbonyl (C=O) groups excluding carboxylic acids is 2. The highest BCUT2D eigenvalue weighted by atomic mass is 32.1. The van der Waals surface area contributed by atoms with Crippen LogP contribution >= 0.6 is 11.3 Å². The van der Waals surface area contributed by atoms with Crippen molar-refractivity contribution in [2.24, 2.45) is 0 Å². The molecule has 1 aromatic carbocycles. The topological polar surface area (TPSA) is 81.7 Å². The normalized spacial score (nSPS) is 15.7. The fourth-order valence-electron chi connectivity index (χ4n) is 3.01. The van der Waals surface area contributed by atoms with E-state index in [2.05, 4.69) is 10.2 Å². The predicted molar refractivity (Wildman–Crippen MR) is 95.9 cm³/mol. The van der Waals surface area contributed by atoms with Gasteiger partial charge in [-0.3, -0.25) is 14.8 Å². The van der Waals surface area contributed by atoms with E-state index < -0.39 is 5.91 Å². The van der Waals surface area contributed by atoms with E-state index in [-0.39, 0.29) is 11.9 Å². The van der Waals surface area contributed by atoms with Gasteiger partial charge in [0.05, 0.1) is 15.8 Å². The van der Waals surface area contributed by atoms with Gasteiger partial charge in [0, 0.05) is 6.54 Å². The molecule has 0 bridgehead atoms. The Balaban J connectivity index is 1.73. The number of carbonyl (C=O) groups is 2. The summed E-state index contributed by atoms with van der Waals surface area (Å²) in [6.45, 7) is 2.88. The van der Waals surface area contributed by atoms with Crippen LogP contribution in [0.2, 0.25) is 0 Å². The van der Waals surface area contributed by atoms with E-state index in [4.69, 9.17) is 5.21 Å². The molecule has 6 nitrogen and oxygen atoms in total. The summed E-state index contributed by atoms with van der Waals surface area (Å²) >= 11 is 1.06. The smallest absolute Gasteiger partial charge is 0.284 e. The molecular weight excluding hydrogens is 338 g/mol. The van der Waals surface area contributed by atoms with Crippen LogP contribution < -0.4 is 10.8 Å². The molecule has 0 aliphatic carbocycles. The number of hydroxylamine groups is 1. The molecule has 3 N–H and O–H groups in total. The zero-order valence-corrected chi connectivity index (χ0v) is 14.6. The second-order valence-electron chi connectivity index (χ2n) is 6.05. The van der Waals surface area contributed by atoms with Crippen molar-refractivity contribution < 1.29 is 14.8 Å². The number of amides is 2. The lowest BCUT2D eigenvalue weighted by atomic mass is 10.1. The summed E-state index contributed by atoms with van der Waals surface area (Å²) in [5.41, 5.74) is 2.64. The summed E-state index contributed by atoms with van der Waals surface area (Å²) < 4.78 is 0. The van der Waals surface area contributed by atoms with Gasteiger partial charge in [-0.15, -0.1) is 11.3 Å². The monoisotopic (exact) mass is 359 g/mol. The van der Waals surface area contributed by atoms with Crippen LogP contribution in [-0.2, 0) is 0 Å². The second-order valence-corrected chi connectivity index (χ2v) is 7.13. The molecule has 2 heterocycles. The molecule has 1 atom stereocenters. The molecule has 0 saturated carbocycles. The summed E-state index contributed by atoms with van der Waals surface area (Å²) in [5, 5.41) is 11.8. The van der Waals surface area contributed by atoms with Gasteiger partial charge in [-0.1, -0.05) is 30.3 Å². The minimum Gasteiger partial charge on any atom is -0.343 e. The molecule has 1 aliphatic rings. The molecule has 3 rings (SSSR count). The number of nitrogens with one attached hydrogen (secondary N) is 2. The van der Waals surface area contributed by atoms with Gasteiger partial charge in [0.25, 0.3) is 11.8 Å². The number of likely N-dealkylation sites (tertiary alicyclic amines) is 1. The SMILES string of the molecule is O=C(NO)c1ccc(C(=O)NC(CN2CCCC2)c2ccccc2)s1. The fourth-order valence-corrected chi connectivity index (χ4v) is 3.81.